The van der Waals surface area contributed by atoms with E-state index in [0.29, 0.717) is 12.5 Å². The van der Waals surface area contributed by atoms with E-state index >= 15 is 0 Å². The number of aromatic nitrogens is 3. The summed E-state index contributed by atoms with van der Waals surface area (Å²) >= 11 is 1.82. The highest BCUT2D eigenvalue weighted by atomic mass is 32.1. The zero-order chi connectivity index (χ0) is 17.2. The van der Waals surface area contributed by atoms with E-state index in [1.807, 2.05) is 23.5 Å². The van der Waals surface area contributed by atoms with E-state index in [-0.39, 0.29) is 0 Å². The van der Waals surface area contributed by atoms with Gasteiger partial charge in [-0.1, -0.05) is 13.8 Å². The average molecular weight is 353 g/mol. The molecule has 0 saturated carbocycles. The Bertz CT molecular complexity index is 874. The molecule has 130 valence electrons. The molecule has 3 aromatic heterocycles. The fourth-order valence-corrected chi connectivity index (χ4v) is 4.50. The van der Waals surface area contributed by atoms with Crippen molar-refractivity contribution in [2.45, 2.75) is 46.0 Å². The molecule has 0 bridgehead atoms. The van der Waals surface area contributed by atoms with E-state index in [2.05, 4.69) is 18.8 Å². The molecule has 0 N–H and O–H groups in total. The van der Waals surface area contributed by atoms with Gasteiger partial charge in [-0.25, -0.2) is 4.98 Å². The monoisotopic (exact) mass is 353 g/mol. The zero-order valence-electron chi connectivity index (χ0n) is 14.8. The van der Waals surface area contributed by atoms with Gasteiger partial charge in [0.05, 0.1) is 12.0 Å². The van der Waals surface area contributed by atoms with Crippen molar-refractivity contribution in [3.05, 3.63) is 35.0 Å². The SMILES string of the molecule is CC(C)CCOc1nc(-c2ccncc2)nc2sc3c(c12)CCCC3. The normalized spacial score (nSPS) is 14.0. The smallest absolute Gasteiger partial charge is 0.226 e. The van der Waals surface area contributed by atoms with Gasteiger partial charge in [0, 0.05) is 22.8 Å². The van der Waals surface area contributed by atoms with Crippen molar-refractivity contribution in [2.24, 2.45) is 5.92 Å². The molecule has 0 amide bonds. The second-order valence-corrected chi connectivity index (χ2v) is 8.09. The highest BCUT2D eigenvalue weighted by Gasteiger charge is 2.22. The molecule has 3 aromatic rings. The van der Waals surface area contributed by atoms with Crippen molar-refractivity contribution < 1.29 is 4.74 Å². The predicted octanol–water partition coefficient (Wildman–Crippen LogP) is 5.06. The van der Waals surface area contributed by atoms with Gasteiger partial charge in [-0.15, -0.1) is 11.3 Å². The van der Waals surface area contributed by atoms with Crippen LogP contribution in [0.3, 0.4) is 0 Å². The maximum atomic E-state index is 6.16. The minimum Gasteiger partial charge on any atom is -0.477 e. The molecule has 4 rings (SSSR count). The van der Waals surface area contributed by atoms with E-state index in [9.17, 15) is 0 Å². The fourth-order valence-electron chi connectivity index (χ4n) is 3.25. The number of hydrogen-bond donors (Lipinski definition) is 0. The number of aryl methyl sites for hydroxylation is 2. The topological polar surface area (TPSA) is 47.9 Å². The molecule has 0 spiro atoms. The Balaban J connectivity index is 1.81. The maximum absolute atomic E-state index is 6.16. The minimum absolute atomic E-state index is 0.619. The van der Waals surface area contributed by atoms with Crippen LogP contribution < -0.4 is 4.74 Å². The number of hydrogen-bond acceptors (Lipinski definition) is 5. The first-order chi connectivity index (χ1) is 12.2. The number of thiophene rings is 1. The lowest BCUT2D eigenvalue weighted by molar-refractivity contribution is 0.283. The summed E-state index contributed by atoms with van der Waals surface area (Å²) < 4.78 is 6.16. The lowest BCUT2D eigenvalue weighted by Crippen LogP contribution is -2.05. The summed E-state index contributed by atoms with van der Waals surface area (Å²) in [5.41, 5.74) is 2.41. The average Bonchev–Trinajstić information content (AvgIpc) is 3.00. The van der Waals surface area contributed by atoms with Gasteiger partial charge in [0.2, 0.25) is 5.88 Å². The third-order valence-electron chi connectivity index (χ3n) is 4.65. The van der Waals surface area contributed by atoms with Crippen LogP contribution in [0.15, 0.2) is 24.5 Å². The van der Waals surface area contributed by atoms with Crippen molar-refractivity contribution in [1.82, 2.24) is 15.0 Å². The van der Waals surface area contributed by atoms with E-state index in [0.717, 1.165) is 46.7 Å². The molecular formula is C20H23N3OS. The summed E-state index contributed by atoms with van der Waals surface area (Å²) in [6.07, 6.45) is 9.39. The van der Waals surface area contributed by atoms with E-state index in [1.165, 1.54) is 23.3 Å². The Morgan fingerprint density at radius 2 is 1.92 bits per heavy atom. The Morgan fingerprint density at radius 1 is 1.12 bits per heavy atom. The molecule has 1 aliphatic rings. The lowest BCUT2D eigenvalue weighted by Gasteiger charge is -2.13. The van der Waals surface area contributed by atoms with Gasteiger partial charge in [0.1, 0.15) is 4.83 Å². The predicted molar refractivity (Wildman–Crippen MR) is 102 cm³/mol. The van der Waals surface area contributed by atoms with Crippen LogP contribution in [0.1, 0.15) is 43.6 Å². The molecule has 0 aromatic carbocycles. The van der Waals surface area contributed by atoms with Crippen LogP contribution in [0.2, 0.25) is 0 Å². The van der Waals surface area contributed by atoms with Gasteiger partial charge in [-0.2, -0.15) is 4.98 Å². The molecule has 25 heavy (non-hydrogen) atoms. The van der Waals surface area contributed by atoms with E-state index < -0.39 is 0 Å². The first kappa shape index (κ1) is 16.5. The van der Waals surface area contributed by atoms with Gasteiger partial charge in [-0.3, -0.25) is 4.98 Å². The zero-order valence-corrected chi connectivity index (χ0v) is 15.6. The molecule has 0 radical (unpaired) electrons. The van der Waals surface area contributed by atoms with Crippen LogP contribution in [0.25, 0.3) is 21.6 Å². The molecule has 0 saturated heterocycles. The van der Waals surface area contributed by atoms with Gasteiger partial charge in [0.25, 0.3) is 0 Å². The van der Waals surface area contributed by atoms with E-state index in [4.69, 9.17) is 14.7 Å². The Labute approximate surface area is 152 Å². The summed E-state index contributed by atoms with van der Waals surface area (Å²) in [6.45, 7) is 5.13. The third-order valence-corrected chi connectivity index (χ3v) is 5.84. The first-order valence-electron chi connectivity index (χ1n) is 9.08. The van der Waals surface area contributed by atoms with Crippen LogP contribution in [0.5, 0.6) is 5.88 Å². The summed E-state index contributed by atoms with van der Waals surface area (Å²) in [5, 5.41) is 1.15. The summed E-state index contributed by atoms with van der Waals surface area (Å²) in [6, 6.07) is 3.90. The fraction of sp³-hybridized carbons (Fsp3) is 0.450. The van der Waals surface area contributed by atoms with Crippen LogP contribution in [0.4, 0.5) is 0 Å². The van der Waals surface area contributed by atoms with Crippen molar-refractivity contribution in [3.8, 4) is 17.3 Å². The quantitative estimate of drug-likeness (QED) is 0.643. The molecule has 4 nitrogen and oxygen atoms in total. The van der Waals surface area contributed by atoms with E-state index in [1.54, 1.807) is 12.4 Å². The second-order valence-electron chi connectivity index (χ2n) is 7.01. The van der Waals surface area contributed by atoms with Crippen molar-refractivity contribution in [3.63, 3.8) is 0 Å². The van der Waals surface area contributed by atoms with Gasteiger partial charge < -0.3 is 4.74 Å². The number of rotatable bonds is 5. The van der Waals surface area contributed by atoms with Crippen molar-refractivity contribution in [2.75, 3.05) is 6.61 Å². The summed E-state index contributed by atoms with van der Waals surface area (Å²) in [7, 11) is 0. The Hall–Kier alpha value is -2.01. The van der Waals surface area contributed by atoms with Crippen molar-refractivity contribution in [1.29, 1.82) is 0 Å². The second kappa shape index (κ2) is 7.08. The summed E-state index contributed by atoms with van der Waals surface area (Å²) in [5.74, 6) is 2.11. The number of nitrogens with zero attached hydrogens (tertiary/aromatic N) is 3. The molecular weight excluding hydrogens is 330 g/mol. The molecule has 1 aliphatic carbocycles. The molecule has 0 unspecified atom stereocenters. The highest BCUT2D eigenvalue weighted by Crippen LogP contribution is 2.40. The largest absolute Gasteiger partial charge is 0.477 e. The molecule has 3 heterocycles. The minimum atomic E-state index is 0.619. The van der Waals surface area contributed by atoms with Crippen molar-refractivity contribution >= 4 is 21.6 Å². The maximum Gasteiger partial charge on any atom is 0.226 e. The number of pyridine rings is 1. The summed E-state index contributed by atoms with van der Waals surface area (Å²) in [4.78, 5) is 16.3. The van der Waals surface area contributed by atoms with Gasteiger partial charge >= 0.3 is 0 Å². The Kier molecular flexibility index (Phi) is 4.66. The molecule has 0 fully saturated rings. The Morgan fingerprint density at radius 3 is 2.72 bits per heavy atom. The first-order valence-corrected chi connectivity index (χ1v) is 9.89. The van der Waals surface area contributed by atoms with Crippen LogP contribution >= 0.6 is 11.3 Å². The lowest BCUT2D eigenvalue weighted by atomic mass is 9.97. The number of fused-ring (bicyclic) bond motifs is 3. The molecule has 0 atom stereocenters. The standard InChI is InChI=1S/C20H23N3OS/c1-13(2)9-12-24-19-17-15-5-3-4-6-16(15)25-20(17)23-18(22-19)14-7-10-21-11-8-14/h7-8,10-11,13H,3-6,9,12H2,1-2H3. The molecule has 0 aliphatic heterocycles. The highest BCUT2D eigenvalue weighted by molar-refractivity contribution is 7.18. The molecule has 5 heteroatoms. The van der Waals surface area contributed by atoms with Crippen LogP contribution in [-0.4, -0.2) is 21.6 Å². The van der Waals surface area contributed by atoms with Gasteiger partial charge in [-0.05, 0) is 55.7 Å². The van der Waals surface area contributed by atoms with Gasteiger partial charge in [0.15, 0.2) is 5.82 Å². The van der Waals surface area contributed by atoms with Crippen LogP contribution in [-0.2, 0) is 12.8 Å². The third kappa shape index (κ3) is 3.38. The van der Waals surface area contributed by atoms with Crippen LogP contribution in [0, 0.1) is 5.92 Å². The number of ether oxygens (including phenoxy) is 1.